The summed E-state index contributed by atoms with van der Waals surface area (Å²) in [7, 11) is 0. The Balaban J connectivity index is 2.08. The van der Waals surface area contributed by atoms with Gasteiger partial charge < -0.3 is 0 Å². The normalized spacial score (nSPS) is 10.1. The number of nitrogen functional groups attached to an aromatic ring is 1. The number of anilines is 1. The molecule has 7 heteroatoms. The Morgan fingerprint density at radius 3 is 2.62 bits per heavy atom. The van der Waals surface area contributed by atoms with Crippen molar-refractivity contribution in [1.82, 2.24) is 4.98 Å². The van der Waals surface area contributed by atoms with Crippen LogP contribution in [0.2, 0.25) is 0 Å². The Bertz CT molecular complexity index is 938. The van der Waals surface area contributed by atoms with Gasteiger partial charge in [0, 0.05) is 22.4 Å². The van der Waals surface area contributed by atoms with Gasteiger partial charge in [-0.05, 0) is 23.6 Å². The summed E-state index contributed by atoms with van der Waals surface area (Å²) in [4.78, 5) is 8.12. The minimum absolute atomic E-state index is 0.267. The van der Waals surface area contributed by atoms with Crippen LogP contribution in [-0.2, 0) is 5.75 Å². The summed E-state index contributed by atoms with van der Waals surface area (Å²) >= 11 is 2.92. The number of aromatic nitrogens is 2. The minimum atomic E-state index is 0.267. The van der Waals surface area contributed by atoms with E-state index in [9.17, 15) is 10.5 Å². The highest BCUT2D eigenvalue weighted by Gasteiger charge is 2.24. The average Bonchev–Trinajstić information content (AvgIpc) is 3.14. The summed E-state index contributed by atoms with van der Waals surface area (Å²) in [6.45, 7) is 0. The highest BCUT2D eigenvalue weighted by Crippen LogP contribution is 2.36. The van der Waals surface area contributed by atoms with Gasteiger partial charge in [0.25, 0.3) is 5.82 Å². The molecule has 0 amide bonds. The predicted octanol–water partition coefficient (Wildman–Crippen LogP) is 3.24. The molecule has 0 aliphatic carbocycles. The zero-order valence-electron chi connectivity index (χ0n) is 12.5. The second-order valence-electron chi connectivity index (χ2n) is 4.80. The lowest BCUT2D eigenvalue weighted by atomic mass is 10.0. The van der Waals surface area contributed by atoms with Crippen LogP contribution in [-0.4, -0.2) is 4.98 Å². The van der Waals surface area contributed by atoms with E-state index in [0.29, 0.717) is 27.5 Å². The fourth-order valence-electron chi connectivity index (χ4n) is 2.25. The first-order chi connectivity index (χ1) is 11.7. The first-order valence-corrected chi connectivity index (χ1v) is 8.86. The van der Waals surface area contributed by atoms with Crippen LogP contribution in [0.5, 0.6) is 0 Å². The van der Waals surface area contributed by atoms with Gasteiger partial charge in [-0.3, -0.25) is 10.7 Å². The van der Waals surface area contributed by atoms with Gasteiger partial charge in [-0.1, -0.05) is 23.9 Å². The Labute approximate surface area is 147 Å². The van der Waals surface area contributed by atoms with E-state index in [1.54, 1.807) is 6.20 Å². The monoisotopic (exact) mass is 350 g/mol. The molecular weight excluding hydrogens is 338 g/mol. The van der Waals surface area contributed by atoms with E-state index in [0.717, 1.165) is 10.6 Å². The molecule has 116 valence electrons. The summed E-state index contributed by atoms with van der Waals surface area (Å²) in [5.41, 5.74) is 8.25. The van der Waals surface area contributed by atoms with E-state index in [2.05, 4.69) is 22.1 Å². The fraction of sp³-hybridized carbons (Fsp3) is 0.0588. The lowest BCUT2D eigenvalue weighted by Crippen LogP contribution is -2.18. The molecule has 0 bridgehead atoms. The molecule has 0 saturated carbocycles. The van der Waals surface area contributed by atoms with E-state index in [-0.39, 0.29) is 5.82 Å². The van der Waals surface area contributed by atoms with Crippen LogP contribution in [0.4, 0.5) is 5.82 Å². The molecule has 3 aromatic heterocycles. The summed E-state index contributed by atoms with van der Waals surface area (Å²) in [6, 6.07) is 13.8. The topological polar surface area (TPSA) is 101 Å². The van der Waals surface area contributed by atoms with Crippen LogP contribution in [0.25, 0.3) is 10.4 Å². The van der Waals surface area contributed by atoms with Crippen LogP contribution in [0.3, 0.4) is 0 Å². The molecule has 0 radical (unpaired) electrons. The van der Waals surface area contributed by atoms with E-state index in [1.807, 2.05) is 35.7 Å². The van der Waals surface area contributed by atoms with Crippen LogP contribution in [0.1, 0.15) is 16.8 Å². The van der Waals surface area contributed by atoms with Gasteiger partial charge in [0.05, 0.1) is 5.69 Å². The third kappa shape index (κ3) is 3.09. The maximum absolute atomic E-state index is 9.66. The van der Waals surface area contributed by atoms with Crippen molar-refractivity contribution in [3.63, 3.8) is 0 Å². The van der Waals surface area contributed by atoms with Crippen LogP contribution in [0, 0.1) is 22.7 Å². The van der Waals surface area contributed by atoms with Crippen molar-refractivity contribution in [3.05, 3.63) is 58.7 Å². The quantitative estimate of drug-likeness (QED) is 0.728. The fourth-order valence-corrected chi connectivity index (χ4v) is 3.97. The highest BCUT2D eigenvalue weighted by atomic mass is 32.2. The number of H-pyrrole nitrogens is 1. The molecule has 3 rings (SSSR count). The van der Waals surface area contributed by atoms with Crippen molar-refractivity contribution in [3.8, 4) is 22.6 Å². The number of rotatable bonds is 4. The third-order valence-electron chi connectivity index (χ3n) is 3.33. The second kappa shape index (κ2) is 7.14. The maximum atomic E-state index is 9.66. The first kappa shape index (κ1) is 16.0. The SMILES string of the molecule is N#Cc1c(N)[nH+]c(SCc2ccccn2)c(C#N)c1-c1cccs1. The molecular formula is C17H12N5S2+. The largest absolute Gasteiger partial charge is 0.289 e. The summed E-state index contributed by atoms with van der Waals surface area (Å²) in [5, 5.41) is 21.7. The highest BCUT2D eigenvalue weighted by molar-refractivity contribution is 7.98. The number of nitriles is 2. The molecule has 0 spiro atoms. The number of nitrogens with one attached hydrogen (secondary N) is 1. The Morgan fingerprint density at radius 1 is 1.17 bits per heavy atom. The minimum Gasteiger partial charge on any atom is -0.286 e. The Kier molecular flexibility index (Phi) is 4.76. The van der Waals surface area contributed by atoms with Gasteiger partial charge in [0.2, 0.25) is 0 Å². The molecule has 0 fully saturated rings. The molecule has 3 N–H and O–H groups in total. The number of pyridine rings is 2. The zero-order valence-corrected chi connectivity index (χ0v) is 14.1. The van der Waals surface area contributed by atoms with Crippen molar-refractivity contribution >= 4 is 28.9 Å². The van der Waals surface area contributed by atoms with Gasteiger partial charge in [0.15, 0.2) is 10.6 Å². The van der Waals surface area contributed by atoms with Crippen LogP contribution in [0.15, 0.2) is 46.9 Å². The van der Waals surface area contributed by atoms with Crippen LogP contribution >= 0.6 is 23.1 Å². The molecule has 0 saturated heterocycles. The van der Waals surface area contributed by atoms with Gasteiger partial charge in [-0.15, -0.1) is 11.3 Å². The van der Waals surface area contributed by atoms with Crippen molar-refractivity contribution in [1.29, 1.82) is 10.5 Å². The van der Waals surface area contributed by atoms with E-state index < -0.39 is 0 Å². The molecule has 0 aromatic carbocycles. The lowest BCUT2D eigenvalue weighted by molar-refractivity contribution is -0.410. The van der Waals surface area contributed by atoms with Gasteiger partial charge >= 0.3 is 0 Å². The number of hydrogen-bond donors (Lipinski definition) is 1. The predicted molar refractivity (Wildman–Crippen MR) is 94.0 cm³/mol. The van der Waals surface area contributed by atoms with Gasteiger partial charge in [0.1, 0.15) is 17.7 Å². The van der Waals surface area contributed by atoms with E-state index in [4.69, 9.17) is 5.73 Å². The number of nitrogens with zero attached hydrogens (tertiary/aromatic N) is 3. The van der Waals surface area contributed by atoms with Gasteiger partial charge in [-0.2, -0.15) is 10.5 Å². The Morgan fingerprint density at radius 2 is 2.00 bits per heavy atom. The zero-order chi connectivity index (χ0) is 16.9. The second-order valence-corrected chi connectivity index (χ2v) is 6.74. The number of thiophene rings is 1. The molecule has 0 aliphatic rings. The third-order valence-corrected chi connectivity index (χ3v) is 5.25. The number of aromatic amines is 1. The smallest absolute Gasteiger partial charge is 0.286 e. The molecule has 0 aliphatic heterocycles. The molecule has 5 nitrogen and oxygen atoms in total. The van der Waals surface area contributed by atoms with Crippen molar-refractivity contribution in [2.45, 2.75) is 10.8 Å². The molecule has 24 heavy (non-hydrogen) atoms. The van der Waals surface area contributed by atoms with Crippen molar-refractivity contribution < 1.29 is 4.98 Å². The maximum Gasteiger partial charge on any atom is 0.289 e. The Hall–Kier alpha value is -2.87. The van der Waals surface area contributed by atoms with Gasteiger partial charge in [-0.25, -0.2) is 4.98 Å². The lowest BCUT2D eigenvalue weighted by Gasteiger charge is -2.08. The number of hydrogen-bond acceptors (Lipinski definition) is 6. The standard InChI is InChI=1S/C17H11N5S2/c18-8-12-15(14-5-3-7-23-14)13(9-19)17(22-16(12)20)24-10-11-4-1-2-6-21-11/h1-7H,10H2,(H2,20,22)/p+1. The number of nitrogens with two attached hydrogens (primary N) is 1. The van der Waals surface area contributed by atoms with E-state index >= 15 is 0 Å². The molecule has 3 aromatic rings. The molecule has 0 unspecified atom stereocenters. The summed E-state index contributed by atoms with van der Waals surface area (Å²) in [6.07, 6.45) is 1.73. The molecule has 0 atom stereocenters. The van der Waals surface area contributed by atoms with E-state index in [1.165, 1.54) is 23.1 Å². The summed E-state index contributed by atoms with van der Waals surface area (Å²) < 4.78 is 0. The average molecular weight is 350 g/mol. The van der Waals surface area contributed by atoms with Crippen molar-refractivity contribution in [2.24, 2.45) is 0 Å². The van der Waals surface area contributed by atoms with Crippen LogP contribution < -0.4 is 10.7 Å². The van der Waals surface area contributed by atoms with Crippen molar-refractivity contribution in [2.75, 3.05) is 5.73 Å². The first-order valence-electron chi connectivity index (χ1n) is 7.00. The molecule has 3 heterocycles. The summed E-state index contributed by atoms with van der Waals surface area (Å²) in [5.74, 6) is 0.866. The number of thioether (sulfide) groups is 1.